The maximum atomic E-state index is 10.1. The van der Waals surface area contributed by atoms with Crippen molar-refractivity contribution < 1.29 is 0 Å². The van der Waals surface area contributed by atoms with Crippen LogP contribution in [0, 0.1) is 34.0 Å². The van der Waals surface area contributed by atoms with Crippen LogP contribution in [0.3, 0.4) is 0 Å². The highest BCUT2D eigenvalue weighted by atomic mass is 15.0. The van der Waals surface area contributed by atoms with E-state index < -0.39 is 0 Å². The van der Waals surface area contributed by atoms with Crippen LogP contribution in [0.1, 0.15) is 16.7 Å². The average Bonchev–Trinajstić information content (AvgIpc) is 3.70. The number of rotatable bonds is 4. The molecule has 50 heavy (non-hydrogen) atoms. The third kappa shape index (κ3) is 4.31. The summed E-state index contributed by atoms with van der Waals surface area (Å²) in [6, 6.07) is 57.8. The van der Waals surface area contributed by atoms with Gasteiger partial charge in [0.05, 0.1) is 62.7 Å². The molecule has 0 aliphatic carbocycles. The minimum atomic E-state index is 0.572. The van der Waals surface area contributed by atoms with Gasteiger partial charge in [0, 0.05) is 32.8 Å². The molecule has 9 aromatic rings. The summed E-state index contributed by atoms with van der Waals surface area (Å²) in [5.74, 6) is 0. The zero-order valence-electron chi connectivity index (χ0n) is 26.7. The second kappa shape index (κ2) is 11.4. The fourth-order valence-corrected chi connectivity index (χ4v) is 7.49. The Labute approximate surface area is 287 Å². The van der Waals surface area contributed by atoms with E-state index in [1.165, 1.54) is 0 Å². The minimum Gasteiger partial charge on any atom is -0.309 e. The van der Waals surface area contributed by atoms with Gasteiger partial charge in [0.2, 0.25) is 0 Å². The molecular weight excluding hydrogens is 611 g/mol. The summed E-state index contributed by atoms with van der Waals surface area (Å²) in [7, 11) is 0. The van der Waals surface area contributed by atoms with Crippen molar-refractivity contribution in [2.24, 2.45) is 0 Å². The molecule has 2 aromatic heterocycles. The first kappa shape index (κ1) is 28.8. The molecule has 5 nitrogen and oxygen atoms in total. The summed E-state index contributed by atoms with van der Waals surface area (Å²) in [6.45, 7) is 0. The van der Waals surface area contributed by atoms with E-state index in [2.05, 4.69) is 94.1 Å². The van der Waals surface area contributed by atoms with Crippen LogP contribution >= 0.6 is 0 Å². The number of nitrogens with zero attached hydrogens (tertiary/aromatic N) is 5. The molecule has 0 bridgehead atoms. The van der Waals surface area contributed by atoms with Gasteiger partial charge in [-0.15, -0.1) is 0 Å². The van der Waals surface area contributed by atoms with Gasteiger partial charge in [0.25, 0.3) is 0 Å². The van der Waals surface area contributed by atoms with Crippen molar-refractivity contribution in [2.45, 2.75) is 0 Å². The van der Waals surface area contributed by atoms with Gasteiger partial charge in [-0.2, -0.15) is 15.8 Å². The Morgan fingerprint density at radius 2 is 1.06 bits per heavy atom. The predicted molar refractivity (Wildman–Crippen MR) is 200 cm³/mol. The zero-order chi connectivity index (χ0) is 33.8. The fourth-order valence-electron chi connectivity index (χ4n) is 7.49. The topological polar surface area (TPSA) is 81.2 Å². The molecular formula is C45H25N5. The van der Waals surface area contributed by atoms with E-state index in [1.54, 1.807) is 0 Å². The Hall–Kier alpha value is -7.39. The lowest BCUT2D eigenvalue weighted by molar-refractivity contribution is 1.18. The summed E-state index contributed by atoms with van der Waals surface area (Å²) in [4.78, 5) is 0. The van der Waals surface area contributed by atoms with Crippen LogP contribution < -0.4 is 0 Å². The fraction of sp³-hybridized carbons (Fsp3) is 0. The first-order valence-electron chi connectivity index (χ1n) is 16.3. The smallest absolute Gasteiger partial charge is 0.0998 e. The highest BCUT2D eigenvalue weighted by Gasteiger charge is 2.20. The van der Waals surface area contributed by atoms with Gasteiger partial charge in [-0.25, -0.2) is 0 Å². The van der Waals surface area contributed by atoms with Crippen molar-refractivity contribution in [2.75, 3.05) is 0 Å². The van der Waals surface area contributed by atoms with Crippen molar-refractivity contribution in [3.63, 3.8) is 0 Å². The molecule has 7 aromatic carbocycles. The molecule has 230 valence electrons. The van der Waals surface area contributed by atoms with Gasteiger partial charge < -0.3 is 9.13 Å². The molecule has 0 radical (unpaired) electrons. The van der Waals surface area contributed by atoms with Crippen LogP contribution in [-0.2, 0) is 0 Å². The van der Waals surface area contributed by atoms with E-state index in [0.29, 0.717) is 16.7 Å². The van der Waals surface area contributed by atoms with E-state index in [1.807, 2.05) is 84.9 Å². The largest absolute Gasteiger partial charge is 0.309 e. The molecule has 0 atom stereocenters. The molecule has 0 unspecified atom stereocenters. The highest BCUT2D eigenvalue weighted by molar-refractivity contribution is 6.12. The van der Waals surface area contributed by atoms with Gasteiger partial charge in [0.1, 0.15) is 0 Å². The van der Waals surface area contributed by atoms with Gasteiger partial charge in [-0.3, -0.25) is 0 Å². The Bertz CT molecular complexity index is 2970. The van der Waals surface area contributed by atoms with Crippen molar-refractivity contribution in [3.8, 4) is 51.8 Å². The molecule has 0 spiro atoms. The van der Waals surface area contributed by atoms with Gasteiger partial charge in [-0.05, 0) is 89.5 Å². The Balaban J connectivity index is 1.29. The summed E-state index contributed by atoms with van der Waals surface area (Å²) < 4.78 is 4.48. The van der Waals surface area contributed by atoms with Gasteiger partial charge >= 0.3 is 0 Å². The first-order chi connectivity index (χ1) is 24.7. The molecule has 9 rings (SSSR count). The first-order valence-corrected chi connectivity index (χ1v) is 16.3. The van der Waals surface area contributed by atoms with Crippen LogP contribution in [-0.4, -0.2) is 9.13 Å². The van der Waals surface area contributed by atoms with Gasteiger partial charge in [-0.1, -0.05) is 78.9 Å². The SMILES string of the molecule is N#Cc1ccc(-c2ccccc2-n2c3ccccc3c3c(C#N)cccc32)c(-c2cccc(-n3c4ccccc4c4cc(C#N)ccc43)c2)c1. The number of hydrogen-bond donors (Lipinski definition) is 0. The molecule has 0 saturated carbocycles. The number of para-hydroxylation sites is 3. The van der Waals surface area contributed by atoms with E-state index in [0.717, 1.165) is 77.2 Å². The predicted octanol–water partition coefficient (Wildman–Crippen LogP) is 10.8. The van der Waals surface area contributed by atoms with Crippen LogP contribution in [0.4, 0.5) is 0 Å². The highest BCUT2D eigenvalue weighted by Crippen LogP contribution is 2.41. The monoisotopic (exact) mass is 635 g/mol. The maximum absolute atomic E-state index is 10.1. The summed E-state index contributed by atoms with van der Waals surface area (Å²) in [6.07, 6.45) is 0. The number of benzene rings is 7. The van der Waals surface area contributed by atoms with E-state index >= 15 is 0 Å². The van der Waals surface area contributed by atoms with Crippen molar-refractivity contribution in [3.05, 3.63) is 168 Å². The molecule has 0 N–H and O–H groups in total. The molecule has 0 amide bonds. The normalized spacial score (nSPS) is 11.1. The quantitative estimate of drug-likeness (QED) is 0.193. The summed E-state index contributed by atoms with van der Waals surface area (Å²) >= 11 is 0. The standard InChI is InChI=1S/C45H25N5/c46-26-29-19-21-34(35-12-1-5-16-41(35)50-42-17-6-3-14-37(42)45-32(28-48)10-8-18-44(45)50)38(23-29)31-9-7-11-33(25-31)49-40-15-4-2-13-36(40)39-24-30(27-47)20-22-43(39)49/h1-25H. The van der Waals surface area contributed by atoms with Crippen molar-refractivity contribution in [1.82, 2.24) is 9.13 Å². The maximum Gasteiger partial charge on any atom is 0.0998 e. The molecule has 0 aliphatic heterocycles. The number of hydrogen-bond acceptors (Lipinski definition) is 3. The molecule has 0 saturated heterocycles. The number of fused-ring (bicyclic) bond motifs is 6. The van der Waals surface area contributed by atoms with Crippen molar-refractivity contribution in [1.29, 1.82) is 15.8 Å². The lowest BCUT2D eigenvalue weighted by Gasteiger charge is -2.18. The van der Waals surface area contributed by atoms with Crippen molar-refractivity contribution >= 4 is 43.6 Å². The Morgan fingerprint density at radius 3 is 1.88 bits per heavy atom. The second-order valence-electron chi connectivity index (χ2n) is 12.3. The lowest BCUT2D eigenvalue weighted by Crippen LogP contribution is -1.99. The minimum absolute atomic E-state index is 0.572. The zero-order valence-corrected chi connectivity index (χ0v) is 26.7. The molecule has 0 aliphatic rings. The van der Waals surface area contributed by atoms with E-state index in [-0.39, 0.29) is 0 Å². The molecule has 5 heteroatoms. The average molecular weight is 636 g/mol. The Kier molecular flexibility index (Phi) is 6.56. The number of nitriles is 3. The van der Waals surface area contributed by atoms with E-state index in [9.17, 15) is 15.8 Å². The third-order valence-corrected chi connectivity index (χ3v) is 9.62. The molecule has 0 fully saturated rings. The Morgan fingerprint density at radius 1 is 0.400 bits per heavy atom. The van der Waals surface area contributed by atoms with Gasteiger partial charge in [0.15, 0.2) is 0 Å². The van der Waals surface area contributed by atoms with Crippen LogP contribution in [0.5, 0.6) is 0 Å². The van der Waals surface area contributed by atoms with Crippen LogP contribution in [0.15, 0.2) is 152 Å². The summed E-state index contributed by atoms with van der Waals surface area (Å²) in [5.41, 5.74) is 11.7. The van der Waals surface area contributed by atoms with Crippen LogP contribution in [0.2, 0.25) is 0 Å². The van der Waals surface area contributed by atoms with E-state index in [4.69, 9.17) is 0 Å². The number of aromatic nitrogens is 2. The second-order valence-corrected chi connectivity index (χ2v) is 12.3. The third-order valence-electron chi connectivity index (χ3n) is 9.62. The van der Waals surface area contributed by atoms with Crippen LogP contribution in [0.25, 0.3) is 77.2 Å². The molecule has 2 heterocycles. The lowest BCUT2D eigenvalue weighted by atomic mass is 9.91. The summed E-state index contributed by atoms with van der Waals surface area (Å²) in [5, 5.41) is 33.8.